The number of carbonyl (C=O) groups is 1. The molecule has 0 aliphatic heterocycles. The maximum absolute atomic E-state index is 11.8. The predicted octanol–water partition coefficient (Wildman–Crippen LogP) is 5.40. The number of benzene rings is 1. The summed E-state index contributed by atoms with van der Waals surface area (Å²) in [6.07, 6.45) is 3.72. The van der Waals surface area contributed by atoms with Crippen molar-refractivity contribution in [1.82, 2.24) is 4.98 Å². The molecule has 0 saturated heterocycles. The molecule has 0 saturated carbocycles. The number of rotatable bonds is 6. The van der Waals surface area contributed by atoms with Crippen LogP contribution in [0.2, 0.25) is 0 Å². The monoisotopic (exact) mass is 366 g/mol. The minimum Gasteiger partial charge on any atom is -0.302 e. The first kappa shape index (κ1) is 16.2. The van der Waals surface area contributed by atoms with Crippen molar-refractivity contribution in [3.63, 3.8) is 0 Å². The fourth-order valence-corrected chi connectivity index (χ4v) is 3.16. The normalized spacial score (nSPS) is 10.6. The summed E-state index contributed by atoms with van der Waals surface area (Å²) in [5.41, 5.74) is 2.01. The van der Waals surface area contributed by atoms with Gasteiger partial charge < -0.3 is 5.32 Å². The van der Waals surface area contributed by atoms with E-state index in [2.05, 4.69) is 33.2 Å². The molecule has 2 rings (SSSR count). The van der Waals surface area contributed by atoms with Crippen LogP contribution in [0.3, 0.4) is 0 Å². The van der Waals surface area contributed by atoms with Crippen molar-refractivity contribution in [3.05, 3.63) is 33.6 Å². The van der Waals surface area contributed by atoms with Gasteiger partial charge in [0.1, 0.15) is 0 Å². The van der Waals surface area contributed by atoms with Gasteiger partial charge in [0, 0.05) is 21.3 Å². The molecule has 3 nitrogen and oxygen atoms in total. The molecular weight excluding hydrogens is 348 g/mol. The van der Waals surface area contributed by atoms with Gasteiger partial charge in [0.15, 0.2) is 5.13 Å². The Kier molecular flexibility index (Phi) is 5.94. The summed E-state index contributed by atoms with van der Waals surface area (Å²) < 4.78 is 1.04. The summed E-state index contributed by atoms with van der Waals surface area (Å²) in [5.74, 6) is 0.0551. The lowest BCUT2D eigenvalue weighted by Gasteiger charge is -2.01. The maximum atomic E-state index is 11.8. The van der Waals surface area contributed by atoms with E-state index in [0.717, 1.165) is 39.9 Å². The average molecular weight is 367 g/mol. The second-order valence-electron chi connectivity index (χ2n) is 4.94. The molecule has 0 aliphatic carbocycles. The number of nitrogens with zero attached hydrogens (tertiary/aromatic N) is 1. The van der Waals surface area contributed by atoms with Crippen molar-refractivity contribution in [1.29, 1.82) is 0 Å². The molecule has 21 heavy (non-hydrogen) atoms. The van der Waals surface area contributed by atoms with Crippen molar-refractivity contribution in [2.24, 2.45) is 0 Å². The number of carbonyl (C=O) groups excluding carboxylic acids is 1. The molecule has 0 fully saturated rings. The second-order valence-corrected chi connectivity index (χ2v) is 7.05. The maximum Gasteiger partial charge on any atom is 0.226 e. The van der Waals surface area contributed by atoms with Crippen LogP contribution in [0, 0.1) is 6.92 Å². The van der Waals surface area contributed by atoms with Gasteiger partial charge in [0.05, 0.1) is 5.69 Å². The van der Waals surface area contributed by atoms with Gasteiger partial charge in [-0.2, -0.15) is 0 Å². The fourth-order valence-electron chi connectivity index (χ4n) is 2.04. The third-order valence-electron chi connectivity index (χ3n) is 3.17. The van der Waals surface area contributed by atoms with Crippen molar-refractivity contribution in [2.45, 2.75) is 39.5 Å². The number of halogens is 1. The van der Waals surface area contributed by atoms with Crippen LogP contribution in [-0.2, 0) is 4.79 Å². The lowest BCUT2D eigenvalue weighted by molar-refractivity contribution is -0.116. The zero-order valence-electron chi connectivity index (χ0n) is 12.3. The van der Waals surface area contributed by atoms with E-state index in [9.17, 15) is 4.79 Å². The highest BCUT2D eigenvalue weighted by Crippen LogP contribution is 2.31. The van der Waals surface area contributed by atoms with Gasteiger partial charge in [-0.25, -0.2) is 4.98 Å². The Bertz CT molecular complexity index is 607. The molecule has 0 atom stereocenters. The highest BCUT2D eigenvalue weighted by Gasteiger charge is 2.11. The molecular formula is C16H19BrN2OS. The Balaban J connectivity index is 2.05. The van der Waals surface area contributed by atoms with Crippen LogP contribution in [-0.4, -0.2) is 10.9 Å². The van der Waals surface area contributed by atoms with E-state index in [1.165, 1.54) is 11.3 Å². The minimum atomic E-state index is 0.0551. The van der Waals surface area contributed by atoms with Gasteiger partial charge in [-0.05, 0) is 25.5 Å². The average Bonchev–Trinajstić information content (AvgIpc) is 2.80. The number of aromatic nitrogens is 1. The van der Waals surface area contributed by atoms with E-state index in [4.69, 9.17) is 0 Å². The third kappa shape index (κ3) is 4.64. The molecule has 5 heteroatoms. The first-order chi connectivity index (χ1) is 10.1. The van der Waals surface area contributed by atoms with Gasteiger partial charge in [-0.15, -0.1) is 11.3 Å². The Morgan fingerprint density at radius 3 is 2.67 bits per heavy atom. The van der Waals surface area contributed by atoms with Crippen LogP contribution < -0.4 is 5.32 Å². The number of hydrogen-bond donors (Lipinski definition) is 1. The van der Waals surface area contributed by atoms with Crippen LogP contribution in [0.15, 0.2) is 28.7 Å². The Labute approximate surface area is 137 Å². The van der Waals surface area contributed by atoms with Crippen molar-refractivity contribution in [2.75, 3.05) is 5.32 Å². The van der Waals surface area contributed by atoms with Crippen LogP contribution in [0.4, 0.5) is 5.13 Å². The summed E-state index contributed by atoms with van der Waals surface area (Å²) in [6, 6.07) is 8.05. The van der Waals surface area contributed by atoms with E-state index in [1.54, 1.807) is 0 Å². The summed E-state index contributed by atoms with van der Waals surface area (Å²) in [6.45, 7) is 4.16. The summed E-state index contributed by atoms with van der Waals surface area (Å²) in [4.78, 5) is 17.5. The minimum absolute atomic E-state index is 0.0551. The second kappa shape index (κ2) is 7.71. The molecule has 0 spiro atoms. The number of nitrogens with one attached hydrogen (secondary N) is 1. The molecule has 2 aromatic rings. The Hall–Kier alpha value is -1.20. The van der Waals surface area contributed by atoms with E-state index in [-0.39, 0.29) is 5.91 Å². The van der Waals surface area contributed by atoms with Gasteiger partial charge in [0.25, 0.3) is 0 Å². The van der Waals surface area contributed by atoms with Gasteiger partial charge in [0.2, 0.25) is 5.91 Å². The van der Waals surface area contributed by atoms with Gasteiger partial charge in [-0.1, -0.05) is 47.8 Å². The van der Waals surface area contributed by atoms with Gasteiger partial charge >= 0.3 is 0 Å². The molecule has 1 aromatic carbocycles. The lowest BCUT2D eigenvalue weighted by Crippen LogP contribution is -2.10. The lowest BCUT2D eigenvalue weighted by atomic mass is 10.1. The van der Waals surface area contributed by atoms with Crippen LogP contribution >= 0.6 is 27.3 Å². The summed E-state index contributed by atoms with van der Waals surface area (Å²) in [5, 5.41) is 3.59. The van der Waals surface area contributed by atoms with Crippen molar-refractivity contribution in [3.8, 4) is 11.3 Å². The molecule has 1 heterocycles. The standard InChI is InChI=1S/C16H19BrN2OS/c1-3-4-5-6-14(20)18-16-19-15(11(2)21-16)12-7-9-13(17)10-8-12/h7-10H,3-6H2,1-2H3,(H,18,19,20). The van der Waals surface area contributed by atoms with Crippen molar-refractivity contribution < 1.29 is 4.79 Å². The summed E-state index contributed by atoms with van der Waals surface area (Å²) >= 11 is 4.96. The third-order valence-corrected chi connectivity index (χ3v) is 4.58. The SMILES string of the molecule is CCCCCC(=O)Nc1nc(-c2ccc(Br)cc2)c(C)s1. The number of anilines is 1. The molecule has 0 aliphatic rings. The van der Waals surface area contributed by atoms with Crippen molar-refractivity contribution >= 4 is 38.3 Å². The molecule has 0 unspecified atom stereocenters. The first-order valence-electron chi connectivity index (χ1n) is 7.13. The van der Waals surface area contributed by atoms with Crippen LogP contribution in [0.5, 0.6) is 0 Å². The van der Waals surface area contributed by atoms with Gasteiger partial charge in [-0.3, -0.25) is 4.79 Å². The number of aryl methyl sites for hydroxylation is 1. The molecule has 0 radical (unpaired) electrons. The number of hydrogen-bond acceptors (Lipinski definition) is 3. The van der Waals surface area contributed by atoms with Crippen LogP contribution in [0.25, 0.3) is 11.3 Å². The Morgan fingerprint density at radius 2 is 2.00 bits per heavy atom. The first-order valence-corrected chi connectivity index (χ1v) is 8.74. The van der Waals surface area contributed by atoms with E-state index in [1.807, 2.05) is 31.2 Å². The zero-order chi connectivity index (χ0) is 15.2. The van der Waals surface area contributed by atoms with Crippen LogP contribution in [0.1, 0.15) is 37.5 Å². The number of amides is 1. The zero-order valence-corrected chi connectivity index (χ0v) is 14.7. The quantitative estimate of drug-likeness (QED) is 0.695. The molecule has 1 N–H and O–H groups in total. The molecule has 1 aromatic heterocycles. The topological polar surface area (TPSA) is 42.0 Å². The Morgan fingerprint density at radius 1 is 1.29 bits per heavy atom. The number of unbranched alkanes of at least 4 members (excludes halogenated alkanes) is 2. The smallest absolute Gasteiger partial charge is 0.226 e. The number of thiazole rings is 1. The highest BCUT2D eigenvalue weighted by atomic mass is 79.9. The summed E-state index contributed by atoms with van der Waals surface area (Å²) in [7, 11) is 0. The molecule has 0 bridgehead atoms. The molecule has 1 amide bonds. The van der Waals surface area contributed by atoms with E-state index >= 15 is 0 Å². The largest absolute Gasteiger partial charge is 0.302 e. The van der Waals surface area contributed by atoms with E-state index in [0.29, 0.717) is 11.6 Å². The van der Waals surface area contributed by atoms with E-state index < -0.39 is 0 Å². The predicted molar refractivity (Wildman–Crippen MR) is 92.8 cm³/mol. The molecule has 112 valence electrons. The highest BCUT2D eigenvalue weighted by molar-refractivity contribution is 9.10. The fraction of sp³-hybridized carbons (Fsp3) is 0.375.